The molecule has 0 amide bonds. The normalized spacial score (nSPS) is 9.71. The van der Waals surface area contributed by atoms with E-state index < -0.39 is 0 Å². The highest BCUT2D eigenvalue weighted by Crippen LogP contribution is 2.08. The number of rotatable bonds is 1. The van der Waals surface area contributed by atoms with Crippen LogP contribution in [0.2, 0.25) is 0 Å². The summed E-state index contributed by atoms with van der Waals surface area (Å²) in [5, 5.41) is 8.78. The van der Waals surface area contributed by atoms with Gasteiger partial charge in [0.1, 0.15) is 11.9 Å². The molecule has 68 valence electrons. The summed E-state index contributed by atoms with van der Waals surface area (Å²) in [6.45, 7) is 1.98. The average Bonchev–Trinajstić information content (AvgIpc) is 2.65. The van der Waals surface area contributed by atoms with Crippen molar-refractivity contribution in [3.8, 4) is 11.9 Å². The van der Waals surface area contributed by atoms with Crippen LogP contribution < -0.4 is 0 Å². The SMILES string of the molecule is Cc1ccnc(-n2ccnc2C#N)c1. The zero-order valence-electron chi connectivity index (χ0n) is 7.68. The Morgan fingerprint density at radius 1 is 1.36 bits per heavy atom. The maximum absolute atomic E-state index is 8.78. The minimum absolute atomic E-state index is 0.350. The maximum Gasteiger partial charge on any atom is 0.218 e. The Morgan fingerprint density at radius 3 is 2.93 bits per heavy atom. The Kier molecular flexibility index (Phi) is 1.99. The molecule has 2 aromatic rings. The summed E-state index contributed by atoms with van der Waals surface area (Å²) in [6.07, 6.45) is 5.02. The van der Waals surface area contributed by atoms with Crippen LogP contribution in [-0.4, -0.2) is 14.5 Å². The number of aromatic nitrogens is 3. The molecule has 0 aliphatic rings. The minimum Gasteiger partial charge on any atom is -0.275 e. The molecule has 0 aromatic carbocycles. The third kappa shape index (κ3) is 1.36. The van der Waals surface area contributed by atoms with E-state index in [9.17, 15) is 0 Å². The van der Waals surface area contributed by atoms with E-state index in [1.54, 1.807) is 23.2 Å². The molecule has 4 nitrogen and oxygen atoms in total. The Hall–Kier alpha value is -2.15. The van der Waals surface area contributed by atoms with Crippen molar-refractivity contribution in [3.63, 3.8) is 0 Å². The van der Waals surface area contributed by atoms with Crippen molar-refractivity contribution in [2.75, 3.05) is 0 Å². The van der Waals surface area contributed by atoms with E-state index in [1.165, 1.54) is 0 Å². The van der Waals surface area contributed by atoms with Crippen LogP contribution in [0, 0.1) is 18.3 Å². The van der Waals surface area contributed by atoms with E-state index in [0.717, 1.165) is 11.4 Å². The lowest BCUT2D eigenvalue weighted by atomic mass is 10.3. The van der Waals surface area contributed by atoms with Crippen molar-refractivity contribution in [1.82, 2.24) is 14.5 Å². The molecule has 0 saturated carbocycles. The van der Waals surface area contributed by atoms with Crippen LogP contribution in [0.25, 0.3) is 5.82 Å². The van der Waals surface area contributed by atoms with Crippen LogP contribution in [0.1, 0.15) is 11.4 Å². The van der Waals surface area contributed by atoms with Crippen LogP contribution in [0.3, 0.4) is 0 Å². The quantitative estimate of drug-likeness (QED) is 0.674. The van der Waals surface area contributed by atoms with Gasteiger partial charge in [-0.15, -0.1) is 0 Å². The van der Waals surface area contributed by atoms with Gasteiger partial charge in [-0.2, -0.15) is 5.26 Å². The molecule has 0 aliphatic carbocycles. The molecule has 2 aromatic heterocycles. The molecule has 0 atom stereocenters. The summed E-state index contributed by atoms with van der Waals surface area (Å²) in [4.78, 5) is 8.07. The monoisotopic (exact) mass is 184 g/mol. The summed E-state index contributed by atoms with van der Waals surface area (Å²) in [7, 11) is 0. The van der Waals surface area contributed by atoms with Crippen molar-refractivity contribution in [2.24, 2.45) is 0 Å². The van der Waals surface area contributed by atoms with Gasteiger partial charge in [-0.25, -0.2) is 9.97 Å². The van der Waals surface area contributed by atoms with Crippen LogP contribution in [0.15, 0.2) is 30.7 Å². The lowest BCUT2D eigenvalue weighted by Gasteiger charge is -2.02. The second-order valence-electron chi connectivity index (χ2n) is 2.92. The first-order chi connectivity index (χ1) is 6.81. The lowest BCUT2D eigenvalue weighted by Crippen LogP contribution is -1.99. The van der Waals surface area contributed by atoms with Crippen molar-refractivity contribution in [2.45, 2.75) is 6.92 Å². The molecule has 14 heavy (non-hydrogen) atoms. The fraction of sp³-hybridized carbons (Fsp3) is 0.100. The van der Waals surface area contributed by atoms with Gasteiger partial charge >= 0.3 is 0 Å². The summed E-state index contributed by atoms with van der Waals surface area (Å²) in [5.74, 6) is 1.07. The van der Waals surface area contributed by atoms with Gasteiger partial charge in [0.05, 0.1) is 0 Å². The summed E-state index contributed by atoms with van der Waals surface area (Å²) in [6, 6.07) is 5.82. The largest absolute Gasteiger partial charge is 0.275 e. The highest BCUT2D eigenvalue weighted by atomic mass is 15.1. The molecule has 0 unspecified atom stereocenters. The van der Waals surface area contributed by atoms with E-state index in [1.807, 2.05) is 25.1 Å². The van der Waals surface area contributed by atoms with Crippen LogP contribution >= 0.6 is 0 Å². The summed E-state index contributed by atoms with van der Waals surface area (Å²) in [5.41, 5.74) is 1.10. The van der Waals surface area contributed by atoms with Gasteiger partial charge in [-0.05, 0) is 24.6 Å². The molecule has 0 N–H and O–H groups in total. The van der Waals surface area contributed by atoms with E-state index in [-0.39, 0.29) is 0 Å². The fourth-order valence-electron chi connectivity index (χ4n) is 1.22. The molecule has 0 fully saturated rings. The zero-order valence-corrected chi connectivity index (χ0v) is 7.68. The van der Waals surface area contributed by atoms with E-state index in [2.05, 4.69) is 9.97 Å². The number of nitriles is 1. The summed E-state index contributed by atoms with van der Waals surface area (Å²) < 4.78 is 1.66. The molecular formula is C10H8N4. The highest BCUT2D eigenvalue weighted by Gasteiger charge is 2.03. The average molecular weight is 184 g/mol. The number of pyridine rings is 1. The Labute approximate surface area is 81.5 Å². The molecule has 0 radical (unpaired) electrons. The third-order valence-corrected chi connectivity index (χ3v) is 1.89. The molecule has 0 aliphatic heterocycles. The van der Waals surface area contributed by atoms with Crippen LogP contribution in [0.5, 0.6) is 0 Å². The standard InChI is InChI=1S/C10H8N4/c1-8-2-3-12-9(6-8)14-5-4-13-10(14)7-11/h2-6H,1H3. The summed E-state index contributed by atoms with van der Waals surface area (Å²) >= 11 is 0. The van der Waals surface area contributed by atoms with Crippen molar-refractivity contribution < 1.29 is 0 Å². The maximum atomic E-state index is 8.78. The van der Waals surface area contributed by atoms with E-state index >= 15 is 0 Å². The molecule has 0 saturated heterocycles. The fourth-order valence-corrected chi connectivity index (χ4v) is 1.22. The molecule has 2 rings (SSSR count). The molecule has 0 bridgehead atoms. The van der Waals surface area contributed by atoms with Gasteiger partial charge in [-0.1, -0.05) is 0 Å². The number of hydrogen-bond acceptors (Lipinski definition) is 3. The van der Waals surface area contributed by atoms with Gasteiger partial charge in [0.15, 0.2) is 0 Å². The first-order valence-corrected chi connectivity index (χ1v) is 4.18. The Bertz CT molecular complexity index is 493. The predicted molar refractivity (Wildman–Crippen MR) is 50.8 cm³/mol. The predicted octanol–water partition coefficient (Wildman–Crippen LogP) is 1.45. The van der Waals surface area contributed by atoms with Gasteiger partial charge in [0, 0.05) is 18.6 Å². The van der Waals surface area contributed by atoms with Gasteiger partial charge < -0.3 is 0 Å². The van der Waals surface area contributed by atoms with Crippen molar-refractivity contribution >= 4 is 0 Å². The molecule has 0 spiro atoms. The van der Waals surface area contributed by atoms with Gasteiger partial charge in [0.2, 0.25) is 5.82 Å². The first kappa shape index (κ1) is 8.45. The van der Waals surface area contributed by atoms with Crippen molar-refractivity contribution in [3.05, 3.63) is 42.1 Å². The van der Waals surface area contributed by atoms with Crippen LogP contribution in [-0.2, 0) is 0 Å². The van der Waals surface area contributed by atoms with Gasteiger partial charge in [0.25, 0.3) is 0 Å². The topological polar surface area (TPSA) is 54.5 Å². The zero-order chi connectivity index (χ0) is 9.97. The number of hydrogen-bond donors (Lipinski definition) is 0. The number of imidazole rings is 1. The second kappa shape index (κ2) is 3.30. The van der Waals surface area contributed by atoms with Crippen molar-refractivity contribution in [1.29, 1.82) is 5.26 Å². The lowest BCUT2D eigenvalue weighted by molar-refractivity contribution is 0.963. The molecule has 2 heterocycles. The second-order valence-corrected chi connectivity index (χ2v) is 2.92. The van der Waals surface area contributed by atoms with E-state index in [4.69, 9.17) is 5.26 Å². The first-order valence-electron chi connectivity index (χ1n) is 4.18. The minimum atomic E-state index is 0.350. The molecule has 4 heteroatoms. The third-order valence-electron chi connectivity index (χ3n) is 1.89. The highest BCUT2D eigenvalue weighted by molar-refractivity contribution is 5.31. The van der Waals surface area contributed by atoms with Crippen LogP contribution in [0.4, 0.5) is 0 Å². The number of nitrogens with zero attached hydrogens (tertiary/aromatic N) is 4. The Balaban J connectivity index is 2.56. The van der Waals surface area contributed by atoms with E-state index in [0.29, 0.717) is 5.82 Å². The number of aryl methyl sites for hydroxylation is 1. The molecular weight excluding hydrogens is 176 g/mol. The Morgan fingerprint density at radius 2 is 2.21 bits per heavy atom. The smallest absolute Gasteiger partial charge is 0.218 e. The van der Waals surface area contributed by atoms with Gasteiger partial charge in [-0.3, -0.25) is 4.57 Å².